The molecule has 6 heteroatoms. The number of carbonyl (C=O) groups excluding carboxylic acids is 2. The topological polar surface area (TPSA) is 95.9 Å². The number of carbonyl (C=O) groups is 2. The third-order valence-corrected chi connectivity index (χ3v) is 11.2. The van der Waals surface area contributed by atoms with Crippen LogP contribution in [-0.2, 0) is 14.3 Å². The lowest BCUT2D eigenvalue weighted by molar-refractivity contribution is -0.143. The van der Waals surface area contributed by atoms with Crippen LogP contribution in [-0.4, -0.2) is 47.4 Å². The fourth-order valence-electron chi connectivity index (χ4n) is 7.39. The van der Waals surface area contributed by atoms with Gasteiger partial charge in [-0.15, -0.1) is 0 Å². The van der Waals surface area contributed by atoms with Gasteiger partial charge < -0.3 is 20.3 Å². The van der Waals surface area contributed by atoms with Crippen LogP contribution in [0.25, 0.3) is 0 Å². The first-order valence-corrected chi connectivity index (χ1v) is 24.6. The van der Waals surface area contributed by atoms with Crippen molar-refractivity contribution in [2.75, 3.05) is 13.2 Å². The molecule has 0 aliphatic rings. The zero-order valence-electron chi connectivity index (χ0n) is 37.4. The van der Waals surface area contributed by atoms with Crippen LogP contribution in [0.15, 0.2) is 24.3 Å². The number of esters is 1. The summed E-state index contributed by atoms with van der Waals surface area (Å²) < 4.78 is 5.46. The summed E-state index contributed by atoms with van der Waals surface area (Å²) in [4.78, 5) is 24.4. The van der Waals surface area contributed by atoms with E-state index in [1.807, 2.05) is 0 Å². The van der Waals surface area contributed by atoms with E-state index in [0.717, 1.165) is 70.6 Å². The van der Waals surface area contributed by atoms with Gasteiger partial charge in [-0.3, -0.25) is 9.59 Å². The van der Waals surface area contributed by atoms with E-state index in [-0.39, 0.29) is 18.5 Å². The molecule has 2 atom stereocenters. The number of nitrogens with one attached hydrogen (secondary N) is 1. The predicted octanol–water partition coefficient (Wildman–Crippen LogP) is 14.3. The molecule has 0 rings (SSSR count). The normalized spacial score (nSPS) is 12.9. The van der Waals surface area contributed by atoms with E-state index >= 15 is 0 Å². The smallest absolute Gasteiger partial charge is 0.305 e. The van der Waals surface area contributed by atoms with E-state index in [1.165, 1.54) is 154 Å². The maximum absolute atomic E-state index is 12.4. The molecule has 0 radical (unpaired) electrons. The molecular weight excluding hydrogens is 695 g/mol. The van der Waals surface area contributed by atoms with Crippen LogP contribution in [0, 0.1) is 0 Å². The molecule has 0 aromatic heterocycles. The standard InChI is InChI=1S/C50H95NO5/c1-3-5-7-9-11-13-14-15-16-17-18-21-24-28-32-36-40-44-50(55)56-45-41-37-33-29-25-22-19-20-23-27-31-35-39-43-49(54)51-47(46-52)48(53)42-38-34-30-26-12-10-8-6-4-2/h15-16,20,23,47-48,52-53H,3-14,17-19,21-22,24-46H2,1-2H3,(H,51,54)/b16-15-,23-20-. The summed E-state index contributed by atoms with van der Waals surface area (Å²) >= 11 is 0. The largest absolute Gasteiger partial charge is 0.466 e. The number of amides is 1. The number of hydrogen-bond donors (Lipinski definition) is 3. The van der Waals surface area contributed by atoms with Gasteiger partial charge in [-0.05, 0) is 77.0 Å². The minimum absolute atomic E-state index is 0.0167. The van der Waals surface area contributed by atoms with E-state index in [1.54, 1.807) is 0 Å². The van der Waals surface area contributed by atoms with Crippen molar-refractivity contribution in [1.82, 2.24) is 5.32 Å². The molecule has 0 heterocycles. The van der Waals surface area contributed by atoms with E-state index in [2.05, 4.69) is 43.5 Å². The van der Waals surface area contributed by atoms with Gasteiger partial charge in [0, 0.05) is 12.8 Å². The molecule has 0 aromatic carbocycles. The highest BCUT2D eigenvalue weighted by Gasteiger charge is 2.20. The number of aliphatic hydroxyl groups excluding tert-OH is 2. The zero-order chi connectivity index (χ0) is 40.8. The molecular formula is C50H95NO5. The molecule has 330 valence electrons. The second kappa shape index (κ2) is 46.0. The SMILES string of the molecule is CCCCCCCC/C=C\CCCCCCCCCC(=O)OCCCCCCCC/C=C\CCCCCC(=O)NC(CO)C(O)CCCCCCCCCCC. The molecule has 0 fully saturated rings. The van der Waals surface area contributed by atoms with Gasteiger partial charge in [-0.2, -0.15) is 0 Å². The van der Waals surface area contributed by atoms with Crippen LogP contribution in [0.2, 0.25) is 0 Å². The summed E-state index contributed by atoms with van der Waals surface area (Å²) in [5.74, 6) is -0.0849. The zero-order valence-corrected chi connectivity index (χ0v) is 37.4. The van der Waals surface area contributed by atoms with Crippen LogP contribution in [0.3, 0.4) is 0 Å². The molecule has 56 heavy (non-hydrogen) atoms. The number of aliphatic hydroxyl groups is 2. The van der Waals surface area contributed by atoms with Gasteiger partial charge in [0.25, 0.3) is 0 Å². The van der Waals surface area contributed by atoms with Crippen molar-refractivity contribution in [2.24, 2.45) is 0 Å². The lowest BCUT2D eigenvalue weighted by atomic mass is 10.0. The van der Waals surface area contributed by atoms with Crippen molar-refractivity contribution in [3.05, 3.63) is 24.3 Å². The summed E-state index contributed by atoms with van der Waals surface area (Å²) in [6, 6.07) is -0.559. The van der Waals surface area contributed by atoms with Gasteiger partial charge in [0.1, 0.15) is 0 Å². The molecule has 3 N–H and O–H groups in total. The minimum Gasteiger partial charge on any atom is -0.466 e. The fraction of sp³-hybridized carbons (Fsp3) is 0.880. The fourth-order valence-corrected chi connectivity index (χ4v) is 7.39. The summed E-state index contributed by atoms with van der Waals surface area (Å²) in [7, 11) is 0. The Morgan fingerprint density at radius 3 is 1.29 bits per heavy atom. The molecule has 6 nitrogen and oxygen atoms in total. The highest BCUT2D eigenvalue weighted by atomic mass is 16.5. The van der Waals surface area contributed by atoms with Crippen LogP contribution in [0.5, 0.6) is 0 Å². The van der Waals surface area contributed by atoms with Crippen LogP contribution >= 0.6 is 0 Å². The number of allylic oxidation sites excluding steroid dienone is 4. The summed E-state index contributed by atoms with van der Waals surface area (Å²) in [5, 5.41) is 23.0. The Morgan fingerprint density at radius 2 is 0.839 bits per heavy atom. The Hall–Kier alpha value is -1.66. The van der Waals surface area contributed by atoms with Gasteiger partial charge in [-0.1, -0.05) is 192 Å². The molecule has 0 saturated carbocycles. The third kappa shape index (κ3) is 42.0. The van der Waals surface area contributed by atoms with E-state index in [9.17, 15) is 19.8 Å². The van der Waals surface area contributed by atoms with Crippen LogP contribution in [0.1, 0.15) is 258 Å². The Morgan fingerprint density at radius 1 is 0.482 bits per heavy atom. The molecule has 0 saturated heterocycles. The number of hydrogen-bond acceptors (Lipinski definition) is 5. The Bertz CT molecular complexity index is 874. The summed E-state index contributed by atoms with van der Waals surface area (Å²) in [6.45, 7) is 4.87. The maximum Gasteiger partial charge on any atom is 0.305 e. The molecule has 0 aliphatic heterocycles. The van der Waals surface area contributed by atoms with Crippen molar-refractivity contribution in [3.63, 3.8) is 0 Å². The first-order valence-electron chi connectivity index (χ1n) is 24.6. The third-order valence-electron chi connectivity index (χ3n) is 11.2. The van der Waals surface area contributed by atoms with Crippen molar-refractivity contribution >= 4 is 11.9 Å². The molecule has 0 spiro atoms. The Kier molecular flexibility index (Phi) is 44.7. The highest BCUT2D eigenvalue weighted by Crippen LogP contribution is 2.15. The average molecular weight is 790 g/mol. The summed E-state index contributed by atoms with van der Waals surface area (Å²) in [6.07, 6.45) is 52.9. The van der Waals surface area contributed by atoms with Gasteiger partial charge in [0.15, 0.2) is 0 Å². The molecule has 0 bridgehead atoms. The Balaban J connectivity index is 3.47. The average Bonchev–Trinajstić information content (AvgIpc) is 3.20. The minimum atomic E-state index is -0.679. The molecule has 0 aliphatic carbocycles. The summed E-state index contributed by atoms with van der Waals surface area (Å²) in [5.41, 5.74) is 0. The van der Waals surface area contributed by atoms with E-state index in [0.29, 0.717) is 25.9 Å². The number of ether oxygens (including phenoxy) is 1. The van der Waals surface area contributed by atoms with Gasteiger partial charge in [0.2, 0.25) is 5.91 Å². The van der Waals surface area contributed by atoms with Gasteiger partial charge >= 0.3 is 5.97 Å². The second-order valence-corrected chi connectivity index (χ2v) is 16.8. The molecule has 1 amide bonds. The van der Waals surface area contributed by atoms with Crippen molar-refractivity contribution < 1.29 is 24.5 Å². The Labute approximate surface area is 348 Å². The first-order chi connectivity index (χ1) is 27.5. The van der Waals surface area contributed by atoms with Crippen molar-refractivity contribution in [2.45, 2.75) is 270 Å². The number of rotatable bonds is 45. The lowest BCUT2D eigenvalue weighted by Crippen LogP contribution is -2.45. The quantitative estimate of drug-likeness (QED) is 0.0324. The number of unbranched alkanes of at least 4 members (excludes halogenated alkanes) is 30. The monoisotopic (exact) mass is 790 g/mol. The molecule has 0 aromatic rings. The predicted molar refractivity (Wildman–Crippen MR) is 241 cm³/mol. The first kappa shape index (κ1) is 54.3. The van der Waals surface area contributed by atoms with Crippen LogP contribution in [0.4, 0.5) is 0 Å². The van der Waals surface area contributed by atoms with Gasteiger partial charge in [-0.25, -0.2) is 0 Å². The van der Waals surface area contributed by atoms with Crippen molar-refractivity contribution in [3.8, 4) is 0 Å². The highest BCUT2D eigenvalue weighted by molar-refractivity contribution is 5.76. The van der Waals surface area contributed by atoms with Crippen molar-refractivity contribution in [1.29, 1.82) is 0 Å². The van der Waals surface area contributed by atoms with Crippen LogP contribution < -0.4 is 5.32 Å². The van der Waals surface area contributed by atoms with E-state index < -0.39 is 12.1 Å². The molecule has 2 unspecified atom stereocenters. The second-order valence-electron chi connectivity index (χ2n) is 16.8. The maximum atomic E-state index is 12.4. The van der Waals surface area contributed by atoms with Gasteiger partial charge in [0.05, 0.1) is 25.4 Å². The van der Waals surface area contributed by atoms with E-state index in [4.69, 9.17) is 4.74 Å². The lowest BCUT2D eigenvalue weighted by Gasteiger charge is -2.22.